The Morgan fingerprint density at radius 2 is 2.19 bits per heavy atom. The fourth-order valence-electron chi connectivity index (χ4n) is 3.39. The molecule has 2 N–H and O–H groups in total. The highest BCUT2D eigenvalue weighted by molar-refractivity contribution is 6.33. The maximum atomic E-state index is 12.7. The lowest BCUT2D eigenvalue weighted by atomic mass is 9.85. The molecular weight excluding hydrogens is 288 g/mol. The highest BCUT2D eigenvalue weighted by Gasteiger charge is 2.32. The summed E-state index contributed by atoms with van der Waals surface area (Å²) in [6, 6.07) is 0.295. The lowest BCUT2D eigenvalue weighted by molar-refractivity contribution is 0.262. The van der Waals surface area contributed by atoms with Crippen LogP contribution in [0.3, 0.4) is 0 Å². The van der Waals surface area contributed by atoms with Gasteiger partial charge in [0, 0.05) is 19.1 Å². The van der Waals surface area contributed by atoms with Crippen LogP contribution in [0.2, 0.25) is 5.02 Å². The molecule has 0 amide bonds. The Morgan fingerprint density at radius 3 is 2.76 bits per heavy atom. The third-order valence-corrected chi connectivity index (χ3v) is 5.19. The Bertz CT molecular complexity index is 569. The van der Waals surface area contributed by atoms with Crippen molar-refractivity contribution in [1.82, 2.24) is 9.78 Å². The van der Waals surface area contributed by atoms with Crippen LogP contribution in [0.4, 0.5) is 5.69 Å². The quantitative estimate of drug-likeness (QED) is 0.922. The molecule has 1 aliphatic heterocycles. The van der Waals surface area contributed by atoms with Crippen molar-refractivity contribution in [1.29, 1.82) is 0 Å². The molecule has 2 fully saturated rings. The van der Waals surface area contributed by atoms with Gasteiger partial charge in [-0.2, -0.15) is 5.10 Å². The molecule has 1 aliphatic carbocycles. The molecule has 1 aromatic heterocycles. The van der Waals surface area contributed by atoms with Gasteiger partial charge in [0.2, 0.25) is 0 Å². The first-order chi connectivity index (χ1) is 10.1. The molecule has 116 valence electrons. The van der Waals surface area contributed by atoms with Crippen LogP contribution >= 0.6 is 11.6 Å². The summed E-state index contributed by atoms with van der Waals surface area (Å²) >= 11 is 6.27. The van der Waals surface area contributed by atoms with E-state index in [2.05, 4.69) is 16.9 Å². The van der Waals surface area contributed by atoms with Gasteiger partial charge in [-0.1, -0.05) is 18.0 Å². The number of nitrogens with zero attached hydrogens (tertiary/aromatic N) is 3. The van der Waals surface area contributed by atoms with Gasteiger partial charge in [-0.3, -0.25) is 4.79 Å². The van der Waals surface area contributed by atoms with E-state index in [4.69, 9.17) is 17.3 Å². The van der Waals surface area contributed by atoms with E-state index in [-0.39, 0.29) is 5.56 Å². The fourth-order valence-corrected chi connectivity index (χ4v) is 3.63. The summed E-state index contributed by atoms with van der Waals surface area (Å²) in [4.78, 5) is 14.8. The summed E-state index contributed by atoms with van der Waals surface area (Å²) in [6.07, 6.45) is 6.28. The molecule has 1 saturated carbocycles. The maximum absolute atomic E-state index is 12.7. The number of hydrogen-bond donors (Lipinski definition) is 1. The summed E-state index contributed by atoms with van der Waals surface area (Å²) in [5.41, 5.74) is 6.33. The molecule has 2 unspecified atom stereocenters. The Morgan fingerprint density at radius 1 is 1.43 bits per heavy atom. The van der Waals surface area contributed by atoms with Gasteiger partial charge in [0.15, 0.2) is 0 Å². The highest BCUT2D eigenvalue weighted by atomic mass is 35.5. The second-order valence-corrected chi connectivity index (χ2v) is 6.87. The van der Waals surface area contributed by atoms with Gasteiger partial charge in [0.25, 0.3) is 5.56 Å². The zero-order valence-electron chi connectivity index (χ0n) is 12.5. The van der Waals surface area contributed by atoms with Gasteiger partial charge in [0.05, 0.1) is 11.2 Å². The molecule has 5 nitrogen and oxygen atoms in total. The van der Waals surface area contributed by atoms with E-state index in [0.717, 1.165) is 13.0 Å². The Kier molecular flexibility index (Phi) is 4.22. The van der Waals surface area contributed by atoms with Gasteiger partial charge in [0.1, 0.15) is 5.69 Å². The molecule has 6 heteroatoms. The van der Waals surface area contributed by atoms with Crippen LogP contribution in [0.1, 0.15) is 32.6 Å². The minimum Gasteiger partial charge on any atom is -0.363 e. The van der Waals surface area contributed by atoms with E-state index in [1.807, 2.05) is 0 Å². The van der Waals surface area contributed by atoms with Gasteiger partial charge < -0.3 is 10.6 Å². The van der Waals surface area contributed by atoms with Gasteiger partial charge in [-0.15, -0.1) is 0 Å². The number of nitrogens with two attached hydrogens (primary N) is 1. The van der Waals surface area contributed by atoms with Crippen LogP contribution in [0, 0.1) is 11.8 Å². The molecule has 0 bridgehead atoms. The second kappa shape index (κ2) is 5.97. The van der Waals surface area contributed by atoms with Crippen molar-refractivity contribution in [2.45, 2.75) is 45.2 Å². The topological polar surface area (TPSA) is 64.2 Å². The smallest absolute Gasteiger partial charge is 0.291 e. The van der Waals surface area contributed by atoms with Gasteiger partial charge >= 0.3 is 0 Å². The van der Waals surface area contributed by atoms with E-state index in [0.29, 0.717) is 41.7 Å². The minimum atomic E-state index is -0.0566. The monoisotopic (exact) mass is 310 g/mol. The van der Waals surface area contributed by atoms with Crippen LogP contribution in [-0.2, 0) is 6.54 Å². The van der Waals surface area contributed by atoms with Gasteiger partial charge in [-0.05, 0) is 44.6 Å². The van der Waals surface area contributed by atoms with E-state index in [1.54, 1.807) is 10.9 Å². The van der Waals surface area contributed by atoms with E-state index >= 15 is 0 Å². The molecule has 0 spiro atoms. The van der Waals surface area contributed by atoms with Crippen molar-refractivity contribution in [3.63, 3.8) is 0 Å². The highest BCUT2D eigenvalue weighted by Crippen LogP contribution is 2.31. The van der Waals surface area contributed by atoms with Crippen LogP contribution in [-0.4, -0.2) is 28.9 Å². The van der Waals surface area contributed by atoms with Crippen LogP contribution < -0.4 is 16.2 Å². The molecule has 1 aromatic rings. The first-order valence-electron chi connectivity index (χ1n) is 7.82. The van der Waals surface area contributed by atoms with E-state index < -0.39 is 0 Å². The average Bonchev–Trinajstić information content (AvgIpc) is 2.77. The predicted octanol–water partition coefficient (Wildman–Crippen LogP) is 1.87. The molecule has 0 radical (unpaired) electrons. The molecule has 2 heterocycles. The van der Waals surface area contributed by atoms with Gasteiger partial charge in [-0.25, -0.2) is 4.68 Å². The standard InChI is InChI=1S/C15H23ClN4O/c1-10-5-12(6-17)8-19(10)14-13(16)7-18-20(15(14)21)9-11-3-2-4-11/h7,10-12H,2-6,8-9,17H2,1H3. The number of aromatic nitrogens is 2. The third kappa shape index (κ3) is 2.81. The van der Waals surface area contributed by atoms with Crippen molar-refractivity contribution in [2.24, 2.45) is 17.6 Å². The summed E-state index contributed by atoms with van der Waals surface area (Å²) in [5, 5.41) is 4.67. The van der Waals surface area contributed by atoms with Crippen molar-refractivity contribution >= 4 is 17.3 Å². The molecule has 2 atom stereocenters. The number of anilines is 1. The van der Waals surface area contributed by atoms with Crippen LogP contribution in [0.15, 0.2) is 11.0 Å². The summed E-state index contributed by atoms with van der Waals surface area (Å²) < 4.78 is 1.59. The molecule has 1 saturated heterocycles. The molecule has 21 heavy (non-hydrogen) atoms. The Labute approximate surface area is 130 Å². The predicted molar refractivity (Wildman–Crippen MR) is 84.8 cm³/mol. The summed E-state index contributed by atoms with van der Waals surface area (Å²) in [6.45, 7) is 4.30. The number of hydrogen-bond acceptors (Lipinski definition) is 4. The van der Waals surface area contributed by atoms with Crippen molar-refractivity contribution < 1.29 is 0 Å². The lowest BCUT2D eigenvalue weighted by Gasteiger charge is -2.27. The van der Waals surface area contributed by atoms with E-state index in [1.165, 1.54) is 19.3 Å². The van der Waals surface area contributed by atoms with Crippen LogP contribution in [0.25, 0.3) is 0 Å². The fraction of sp³-hybridized carbons (Fsp3) is 0.733. The second-order valence-electron chi connectivity index (χ2n) is 6.46. The first kappa shape index (κ1) is 14.9. The number of rotatable bonds is 4. The maximum Gasteiger partial charge on any atom is 0.291 e. The summed E-state index contributed by atoms with van der Waals surface area (Å²) in [7, 11) is 0. The molecular formula is C15H23ClN4O. The Hall–Kier alpha value is -1.07. The largest absolute Gasteiger partial charge is 0.363 e. The van der Waals surface area contributed by atoms with E-state index in [9.17, 15) is 4.79 Å². The molecule has 3 rings (SSSR count). The van der Waals surface area contributed by atoms with Crippen molar-refractivity contribution in [2.75, 3.05) is 18.0 Å². The van der Waals surface area contributed by atoms with Crippen molar-refractivity contribution in [3.8, 4) is 0 Å². The average molecular weight is 311 g/mol. The SMILES string of the molecule is CC1CC(CN)CN1c1c(Cl)cnn(CC2CCC2)c1=O. The zero-order chi connectivity index (χ0) is 15.0. The molecule has 2 aliphatic rings. The lowest BCUT2D eigenvalue weighted by Crippen LogP contribution is -2.37. The zero-order valence-corrected chi connectivity index (χ0v) is 13.2. The third-order valence-electron chi connectivity index (χ3n) is 4.91. The Balaban J connectivity index is 1.90. The first-order valence-corrected chi connectivity index (χ1v) is 8.20. The minimum absolute atomic E-state index is 0.0566. The summed E-state index contributed by atoms with van der Waals surface area (Å²) in [5.74, 6) is 1.03. The number of halogens is 1. The normalized spacial score (nSPS) is 26.1. The van der Waals surface area contributed by atoms with Crippen molar-refractivity contribution in [3.05, 3.63) is 21.6 Å². The van der Waals surface area contributed by atoms with Crippen LogP contribution in [0.5, 0.6) is 0 Å². The molecule has 0 aromatic carbocycles.